The van der Waals surface area contributed by atoms with Crippen molar-refractivity contribution in [2.75, 3.05) is 4.90 Å². The van der Waals surface area contributed by atoms with Crippen molar-refractivity contribution in [3.05, 3.63) is 218 Å². The van der Waals surface area contributed by atoms with Crippen molar-refractivity contribution in [1.29, 1.82) is 0 Å². The molecule has 274 valence electrons. The summed E-state index contributed by atoms with van der Waals surface area (Å²) >= 11 is 1.86. The molecule has 0 spiro atoms. The zero-order valence-corrected chi connectivity index (χ0v) is 32.2. The minimum absolute atomic E-state index is 0.240. The van der Waals surface area contributed by atoms with E-state index in [1.54, 1.807) is 0 Å². The molecule has 0 saturated carbocycles. The third-order valence-corrected chi connectivity index (χ3v) is 12.5. The summed E-state index contributed by atoms with van der Waals surface area (Å²) in [5.74, 6) is -0.240. The second-order valence-electron chi connectivity index (χ2n) is 14.7. The number of benzene rings is 9. The van der Waals surface area contributed by atoms with Gasteiger partial charge < -0.3 is 9.47 Å². The van der Waals surface area contributed by atoms with Crippen LogP contribution in [0.2, 0.25) is 0 Å². The van der Waals surface area contributed by atoms with Crippen molar-refractivity contribution in [3.63, 3.8) is 0 Å². The number of rotatable bonds is 7. The smallest absolute Gasteiger partial charge is 0.123 e. The summed E-state index contributed by atoms with van der Waals surface area (Å²) in [6, 6.07) is 74.4. The van der Waals surface area contributed by atoms with E-state index in [0.717, 1.165) is 55.7 Å². The van der Waals surface area contributed by atoms with Crippen molar-refractivity contribution in [2.24, 2.45) is 0 Å². The van der Waals surface area contributed by atoms with E-state index in [2.05, 4.69) is 198 Å². The molecule has 58 heavy (non-hydrogen) atoms. The van der Waals surface area contributed by atoms with Crippen LogP contribution >= 0.6 is 11.3 Å². The number of aromatic nitrogens is 1. The van der Waals surface area contributed by atoms with Gasteiger partial charge in [0.15, 0.2) is 0 Å². The Morgan fingerprint density at radius 3 is 1.62 bits per heavy atom. The Labute approximate surface area is 339 Å². The molecule has 11 aromatic rings. The van der Waals surface area contributed by atoms with E-state index in [-0.39, 0.29) is 5.82 Å². The summed E-state index contributed by atoms with van der Waals surface area (Å²) in [4.78, 5) is 2.34. The number of hydrogen-bond acceptors (Lipinski definition) is 2. The Morgan fingerprint density at radius 2 is 0.914 bits per heavy atom. The fraction of sp³-hybridized carbons (Fsp3) is 0. The third kappa shape index (κ3) is 5.85. The van der Waals surface area contributed by atoms with Crippen LogP contribution in [-0.2, 0) is 0 Å². The van der Waals surface area contributed by atoms with Gasteiger partial charge >= 0.3 is 0 Å². The summed E-state index contributed by atoms with van der Waals surface area (Å²) in [5, 5.41) is 4.94. The highest BCUT2D eigenvalue weighted by Gasteiger charge is 2.17. The molecule has 0 saturated heterocycles. The monoisotopic (exact) mass is 762 g/mol. The quantitative estimate of drug-likeness (QED) is 0.157. The van der Waals surface area contributed by atoms with Crippen molar-refractivity contribution >= 4 is 70.4 Å². The number of thiophene rings is 1. The Morgan fingerprint density at radius 1 is 0.379 bits per heavy atom. The van der Waals surface area contributed by atoms with E-state index in [0.29, 0.717) is 0 Å². The fourth-order valence-corrected chi connectivity index (χ4v) is 9.71. The molecule has 2 nitrogen and oxygen atoms in total. The van der Waals surface area contributed by atoms with E-state index in [9.17, 15) is 4.39 Å². The van der Waals surface area contributed by atoms with Crippen LogP contribution in [0.25, 0.3) is 81.0 Å². The molecule has 0 aliphatic heterocycles. The van der Waals surface area contributed by atoms with Gasteiger partial charge in [-0.25, -0.2) is 4.39 Å². The van der Waals surface area contributed by atoms with Gasteiger partial charge in [0.1, 0.15) is 5.82 Å². The van der Waals surface area contributed by atoms with Gasteiger partial charge in [-0.1, -0.05) is 127 Å². The molecule has 0 amide bonds. The first-order chi connectivity index (χ1) is 28.7. The number of anilines is 3. The molecule has 0 radical (unpaired) electrons. The fourth-order valence-electron chi connectivity index (χ4n) is 8.47. The van der Waals surface area contributed by atoms with E-state index in [4.69, 9.17) is 0 Å². The van der Waals surface area contributed by atoms with Gasteiger partial charge in [0.05, 0.1) is 11.0 Å². The van der Waals surface area contributed by atoms with Crippen molar-refractivity contribution in [2.45, 2.75) is 0 Å². The predicted molar refractivity (Wildman–Crippen MR) is 245 cm³/mol. The summed E-state index contributed by atoms with van der Waals surface area (Å²) in [6.45, 7) is 0. The predicted octanol–water partition coefficient (Wildman–Crippen LogP) is 15.8. The maximum Gasteiger partial charge on any atom is 0.123 e. The zero-order chi connectivity index (χ0) is 38.6. The number of para-hydroxylation sites is 1. The molecule has 11 rings (SSSR count). The van der Waals surface area contributed by atoms with E-state index in [1.165, 1.54) is 54.6 Å². The van der Waals surface area contributed by atoms with Crippen molar-refractivity contribution < 1.29 is 4.39 Å². The lowest BCUT2D eigenvalue weighted by Gasteiger charge is -2.26. The molecular weight excluding hydrogens is 728 g/mol. The summed E-state index contributed by atoms with van der Waals surface area (Å²) < 4.78 is 18.7. The molecular formula is C54H35FN2S. The second kappa shape index (κ2) is 14.0. The van der Waals surface area contributed by atoms with Gasteiger partial charge in [0.25, 0.3) is 0 Å². The van der Waals surface area contributed by atoms with Gasteiger partial charge in [-0.2, -0.15) is 0 Å². The summed E-state index contributed by atoms with van der Waals surface area (Å²) in [7, 11) is 0. The van der Waals surface area contributed by atoms with Crippen LogP contribution in [0.4, 0.5) is 21.5 Å². The van der Waals surface area contributed by atoms with Gasteiger partial charge in [0, 0.05) is 53.7 Å². The van der Waals surface area contributed by atoms with Gasteiger partial charge in [-0.05, 0) is 118 Å². The molecule has 4 heteroatoms. The lowest BCUT2D eigenvalue weighted by Crippen LogP contribution is -2.09. The highest BCUT2D eigenvalue weighted by Crippen LogP contribution is 2.42. The standard InChI is InChI=1S/C54H35FN2S/c55-41-24-32-45(33-25-41)57-51-15-6-4-11-47(51)50-35-40(23-34-52(50)57)38-19-28-43(29-20-38)56(42-26-17-37(18-27-42)36-9-2-1-3-10-36)44-30-21-39(22-31-44)46-13-8-14-49-48-12-5-7-16-53(48)58-54(46)49/h1-35H. The second-order valence-corrected chi connectivity index (χ2v) is 15.7. The maximum atomic E-state index is 13.9. The number of nitrogens with zero attached hydrogens (tertiary/aromatic N) is 2. The molecule has 0 aliphatic carbocycles. The average molecular weight is 763 g/mol. The normalized spacial score (nSPS) is 11.5. The first kappa shape index (κ1) is 34.0. The van der Waals surface area contributed by atoms with Crippen LogP contribution in [0.15, 0.2) is 212 Å². The van der Waals surface area contributed by atoms with E-state index < -0.39 is 0 Å². The number of halogens is 1. The third-order valence-electron chi connectivity index (χ3n) is 11.3. The molecule has 0 atom stereocenters. The molecule has 9 aromatic carbocycles. The zero-order valence-electron chi connectivity index (χ0n) is 31.4. The van der Waals surface area contributed by atoms with E-state index in [1.807, 2.05) is 23.5 Å². The molecule has 0 bridgehead atoms. The number of hydrogen-bond donors (Lipinski definition) is 0. The topological polar surface area (TPSA) is 8.17 Å². The van der Waals surface area contributed by atoms with Crippen LogP contribution in [0, 0.1) is 5.82 Å². The molecule has 2 aromatic heterocycles. The van der Waals surface area contributed by atoms with Crippen LogP contribution in [0.3, 0.4) is 0 Å². The SMILES string of the molecule is Fc1ccc(-n2c3ccccc3c3cc(-c4ccc(N(c5ccc(-c6ccccc6)cc5)c5ccc(-c6cccc7c6sc6ccccc67)cc5)cc4)ccc32)cc1. The van der Waals surface area contributed by atoms with Crippen molar-refractivity contribution in [1.82, 2.24) is 4.57 Å². The van der Waals surface area contributed by atoms with Gasteiger partial charge in [-0.15, -0.1) is 11.3 Å². The largest absolute Gasteiger partial charge is 0.311 e. The highest BCUT2D eigenvalue weighted by molar-refractivity contribution is 7.26. The Bertz CT molecular complexity index is 3250. The first-order valence-electron chi connectivity index (χ1n) is 19.5. The Hall–Kier alpha value is -7.27. The minimum atomic E-state index is -0.240. The molecule has 2 heterocycles. The van der Waals surface area contributed by atoms with Crippen molar-refractivity contribution in [3.8, 4) is 39.1 Å². The lowest BCUT2D eigenvalue weighted by atomic mass is 10.0. The Balaban J connectivity index is 0.979. The maximum absolute atomic E-state index is 13.9. The van der Waals surface area contributed by atoms with Gasteiger partial charge in [-0.3, -0.25) is 0 Å². The van der Waals surface area contributed by atoms with Crippen LogP contribution in [0.1, 0.15) is 0 Å². The molecule has 0 fully saturated rings. The summed E-state index contributed by atoms with van der Waals surface area (Å²) in [6.07, 6.45) is 0. The Kier molecular flexibility index (Phi) is 8.23. The van der Waals surface area contributed by atoms with Gasteiger partial charge in [0.2, 0.25) is 0 Å². The minimum Gasteiger partial charge on any atom is -0.311 e. The van der Waals surface area contributed by atoms with Crippen LogP contribution < -0.4 is 4.90 Å². The molecule has 0 aliphatic rings. The van der Waals surface area contributed by atoms with Crippen LogP contribution in [-0.4, -0.2) is 4.57 Å². The molecule has 0 unspecified atom stereocenters. The first-order valence-corrected chi connectivity index (χ1v) is 20.3. The lowest BCUT2D eigenvalue weighted by molar-refractivity contribution is 0.627. The van der Waals surface area contributed by atoms with Crippen LogP contribution in [0.5, 0.6) is 0 Å². The summed E-state index contributed by atoms with van der Waals surface area (Å²) in [5.41, 5.74) is 13.5. The average Bonchev–Trinajstić information content (AvgIpc) is 3.84. The van der Waals surface area contributed by atoms with E-state index >= 15 is 0 Å². The molecule has 0 N–H and O–H groups in total. The number of fused-ring (bicyclic) bond motifs is 6. The highest BCUT2D eigenvalue weighted by atomic mass is 32.1.